The van der Waals surface area contributed by atoms with E-state index in [0.29, 0.717) is 145 Å². The van der Waals surface area contributed by atoms with Crippen molar-refractivity contribution >= 4 is 14.3 Å². The Bertz CT molecular complexity index is 731. The topological polar surface area (TPSA) is 137 Å². The summed E-state index contributed by atoms with van der Waals surface area (Å²) in [6.07, 6.45) is 0. The van der Waals surface area contributed by atoms with Gasteiger partial charge in [0, 0.05) is 0 Å². The first-order chi connectivity index (χ1) is 23.4. The standard InChI is InChI=1S/C34H70O14Si/c1-33(2,3)48-32(35)31-46-28-27-44-24-23-42-20-19-40-16-15-38-12-11-36-9-10-37-13-14-39-17-18-41-21-22-43-25-26-45-29-30-47-49(7,8)34(4,5)6/h9-31H2,1-8H3. The summed E-state index contributed by atoms with van der Waals surface area (Å²) in [5.74, 6) is -0.386. The van der Waals surface area contributed by atoms with E-state index in [1.807, 2.05) is 20.8 Å². The Kier molecular flexibility index (Phi) is 31.4. The van der Waals surface area contributed by atoms with E-state index < -0.39 is 13.9 Å². The third-order valence-electron chi connectivity index (χ3n) is 6.86. The zero-order valence-electron chi connectivity index (χ0n) is 32.0. The summed E-state index contributed by atoms with van der Waals surface area (Å²) < 4.78 is 71.3. The Balaban J connectivity index is 3.16. The van der Waals surface area contributed by atoms with E-state index in [9.17, 15) is 4.79 Å². The van der Waals surface area contributed by atoms with Crippen LogP contribution in [0.25, 0.3) is 0 Å². The van der Waals surface area contributed by atoms with Gasteiger partial charge < -0.3 is 61.3 Å². The summed E-state index contributed by atoms with van der Waals surface area (Å²) in [5, 5.41) is 0.213. The van der Waals surface area contributed by atoms with Gasteiger partial charge in [0.1, 0.15) is 12.2 Å². The molecule has 0 atom stereocenters. The molecule has 0 N–H and O–H groups in total. The zero-order chi connectivity index (χ0) is 36.5. The molecule has 0 fully saturated rings. The van der Waals surface area contributed by atoms with E-state index in [2.05, 4.69) is 33.9 Å². The highest BCUT2D eigenvalue weighted by Crippen LogP contribution is 2.36. The largest absolute Gasteiger partial charge is 0.458 e. The van der Waals surface area contributed by atoms with Gasteiger partial charge in [-0.2, -0.15) is 0 Å². The molecule has 0 bridgehead atoms. The molecule has 49 heavy (non-hydrogen) atoms. The van der Waals surface area contributed by atoms with Crippen molar-refractivity contribution < 1.29 is 66.1 Å². The number of carbonyl (C=O) groups excluding carboxylic acids is 1. The van der Waals surface area contributed by atoms with Crippen LogP contribution in [0.1, 0.15) is 41.5 Å². The Hall–Kier alpha value is -0.793. The molecule has 0 saturated carbocycles. The zero-order valence-corrected chi connectivity index (χ0v) is 33.0. The third kappa shape index (κ3) is 35.4. The quantitative estimate of drug-likeness (QED) is 0.0528. The Morgan fingerprint density at radius 1 is 0.388 bits per heavy atom. The fourth-order valence-electron chi connectivity index (χ4n) is 3.30. The first-order valence-electron chi connectivity index (χ1n) is 17.6. The Morgan fingerprint density at radius 2 is 0.612 bits per heavy atom. The second kappa shape index (κ2) is 31.9. The predicted octanol–water partition coefficient (Wildman–Crippen LogP) is 3.53. The molecule has 0 amide bonds. The molecule has 294 valence electrons. The van der Waals surface area contributed by atoms with Crippen molar-refractivity contribution in [1.29, 1.82) is 0 Å². The lowest BCUT2D eigenvalue weighted by Crippen LogP contribution is -2.41. The second-order valence-corrected chi connectivity index (χ2v) is 18.2. The van der Waals surface area contributed by atoms with Crippen molar-refractivity contribution in [3.05, 3.63) is 0 Å². The van der Waals surface area contributed by atoms with Gasteiger partial charge in [-0.15, -0.1) is 0 Å². The number of hydrogen-bond acceptors (Lipinski definition) is 14. The molecule has 0 aromatic heterocycles. The lowest BCUT2D eigenvalue weighted by molar-refractivity contribution is -0.160. The smallest absolute Gasteiger partial charge is 0.332 e. The van der Waals surface area contributed by atoms with E-state index in [1.165, 1.54) is 0 Å². The van der Waals surface area contributed by atoms with Crippen LogP contribution >= 0.6 is 0 Å². The summed E-state index contributed by atoms with van der Waals surface area (Å²) in [5.41, 5.74) is -0.511. The summed E-state index contributed by atoms with van der Waals surface area (Å²) in [6.45, 7) is 27.5. The maximum absolute atomic E-state index is 11.5. The number of rotatable bonds is 36. The molecule has 15 heteroatoms. The van der Waals surface area contributed by atoms with E-state index in [-0.39, 0.29) is 17.6 Å². The van der Waals surface area contributed by atoms with Crippen molar-refractivity contribution in [3.63, 3.8) is 0 Å². The summed E-state index contributed by atoms with van der Waals surface area (Å²) in [4.78, 5) is 11.5. The minimum Gasteiger partial charge on any atom is -0.458 e. The van der Waals surface area contributed by atoms with E-state index in [1.54, 1.807) is 0 Å². The highest BCUT2D eigenvalue weighted by atomic mass is 28.4. The lowest BCUT2D eigenvalue weighted by atomic mass is 10.2. The van der Waals surface area contributed by atoms with Crippen LogP contribution < -0.4 is 0 Å². The molecular weight excluding hydrogens is 660 g/mol. The van der Waals surface area contributed by atoms with Gasteiger partial charge >= 0.3 is 5.97 Å². The van der Waals surface area contributed by atoms with Crippen molar-refractivity contribution in [2.75, 3.05) is 152 Å². The van der Waals surface area contributed by atoms with Gasteiger partial charge in [-0.25, -0.2) is 4.79 Å². The Labute approximate surface area is 297 Å². The molecule has 0 aliphatic carbocycles. The molecule has 0 aromatic rings. The first-order valence-corrected chi connectivity index (χ1v) is 20.5. The molecule has 14 nitrogen and oxygen atoms in total. The molecular formula is C34H70O14Si. The van der Waals surface area contributed by atoms with Gasteiger partial charge in [0.05, 0.1) is 145 Å². The molecule has 0 aliphatic rings. The third-order valence-corrected chi connectivity index (χ3v) is 11.4. The van der Waals surface area contributed by atoms with Crippen LogP contribution in [0, 0.1) is 0 Å². The van der Waals surface area contributed by atoms with Gasteiger partial charge in [-0.3, -0.25) is 0 Å². The van der Waals surface area contributed by atoms with Gasteiger partial charge in [0.25, 0.3) is 0 Å². The molecule has 0 rings (SSSR count). The number of hydrogen-bond donors (Lipinski definition) is 0. The first kappa shape index (κ1) is 48.2. The van der Waals surface area contributed by atoms with Crippen molar-refractivity contribution in [3.8, 4) is 0 Å². The van der Waals surface area contributed by atoms with Crippen LogP contribution in [-0.2, 0) is 66.1 Å². The number of ether oxygens (including phenoxy) is 12. The van der Waals surface area contributed by atoms with Crippen LogP contribution in [0.3, 0.4) is 0 Å². The van der Waals surface area contributed by atoms with Gasteiger partial charge in [-0.1, -0.05) is 20.8 Å². The average Bonchev–Trinajstić information content (AvgIpc) is 3.01. The minimum absolute atomic E-state index is 0.0829. The van der Waals surface area contributed by atoms with Crippen LogP contribution in [0.2, 0.25) is 18.1 Å². The van der Waals surface area contributed by atoms with E-state index in [4.69, 9.17) is 61.3 Å². The van der Waals surface area contributed by atoms with Gasteiger partial charge in [0.2, 0.25) is 0 Å². The van der Waals surface area contributed by atoms with Crippen molar-refractivity contribution in [2.45, 2.75) is 65.3 Å². The predicted molar refractivity (Wildman–Crippen MR) is 188 cm³/mol. The summed E-state index contributed by atoms with van der Waals surface area (Å²) in [6, 6.07) is 0. The van der Waals surface area contributed by atoms with Crippen molar-refractivity contribution in [1.82, 2.24) is 0 Å². The van der Waals surface area contributed by atoms with Crippen LogP contribution in [-0.4, -0.2) is 172 Å². The fourth-order valence-corrected chi connectivity index (χ4v) is 4.32. The fraction of sp³-hybridized carbons (Fsp3) is 0.971. The number of carbonyl (C=O) groups is 1. The van der Waals surface area contributed by atoms with Gasteiger partial charge in [-0.05, 0) is 38.9 Å². The molecule has 0 heterocycles. The highest BCUT2D eigenvalue weighted by molar-refractivity contribution is 6.74. The second-order valence-electron chi connectivity index (χ2n) is 13.4. The summed E-state index contributed by atoms with van der Waals surface area (Å²) in [7, 11) is -1.70. The molecule has 0 aliphatic heterocycles. The maximum Gasteiger partial charge on any atom is 0.332 e. The van der Waals surface area contributed by atoms with Gasteiger partial charge in [0.15, 0.2) is 8.32 Å². The van der Waals surface area contributed by atoms with Crippen LogP contribution in [0.15, 0.2) is 0 Å². The van der Waals surface area contributed by atoms with Crippen LogP contribution in [0.5, 0.6) is 0 Å². The lowest BCUT2D eigenvalue weighted by Gasteiger charge is -2.36. The SMILES string of the molecule is CC(C)(C)OC(=O)COCCOCCOCCOCCOCCOCCOCCOCCOCCOCCOCCO[Si](C)(C)C(C)(C)C. The minimum atomic E-state index is -1.70. The van der Waals surface area contributed by atoms with Crippen LogP contribution in [0.4, 0.5) is 0 Å². The molecule has 0 spiro atoms. The van der Waals surface area contributed by atoms with E-state index >= 15 is 0 Å². The maximum atomic E-state index is 11.5. The number of esters is 1. The molecule has 0 radical (unpaired) electrons. The molecule has 0 saturated heterocycles. The Morgan fingerprint density at radius 3 is 0.837 bits per heavy atom. The highest BCUT2D eigenvalue weighted by Gasteiger charge is 2.36. The normalized spacial score (nSPS) is 12.6. The monoisotopic (exact) mass is 730 g/mol. The summed E-state index contributed by atoms with van der Waals surface area (Å²) >= 11 is 0. The van der Waals surface area contributed by atoms with Crippen molar-refractivity contribution in [2.24, 2.45) is 0 Å². The average molecular weight is 731 g/mol. The van der Waals surface area contributed by atoms with E-state index in [0.717, 1.165) is 0 Å². The molecule has 0 aromatic carbocycles. The molecule has 0 unspecified atom stereocenters.